The molecule has 0 saturated carbocycles. The third-order valence-electron chi connectivity index (χ3n) is 4.93. The van der Waals surface area contributed by atoms with Gasteiger partial charge in [-0.25, -0.2) is 4.39 Å². The summed E-state index contributed by atoms with van der Waals surface area (Å²) in [6.45, 7) is 6.62. The number of halogens is 1. The van der Waals surface area contributed by atoms with E-state index in [1.165, 1.54) is 29.5 Å². The van der Waals surface area contributed by atoms with Gasteiger partial charge in [0.1, 0.15) is 5.82 Å². The van der Waals surface area contributed by atoms with Gasteiger partial charge in [-0.05, 0) is 68.1 Å². The number of rotatable bonds is 5. The smallest absolute Gasteiger partial charge is 0.261 e. The predicted molar refractivity (Wildman–Crippen MR) is 106 cm³/mol. The summed E-state index contributed by atoms with van der Waals surface area (Å²) >= 11 is 1.23. The molecule has 5 nitrogen and oxygen atoms in total. The van der Waals surface area contributed by atoms with Crippen LogP contribution in [-0.4, -0.2) is 31.4 Å². The van der Waals surface area contributed by atoms with Gasteiger partial charge < -0.3 is 16.0 Å². The van der Waals surface area contributed by atoms with E-state index in [2.05, 4.69) is 22.9 Å². The number of hydrogen-bond donors (Lipinski definition) is 3. The first-order valence-electron chi connectivity index (χ1n) is 9.03. The second kappa shape index (κ2) is 8.19. The fourth-order valence-corrected chi connectivity index (χ4v) is 4.15. The number of carbonyl (C=O) groups is 2. The highest BCUT2D eigenvalue weighted by Gasteiger charge is 2.27. The van der Waals surface area contributed by atoms with E-state index in [9.17, 15) is 14.0 Å². The molecular weight excluding hydrogens is 365 g/mol. The summed E-state index contributed by atoms with van der Waals surface area (Å²) in [5, 5.41) is 9.68. The largest absolute Gasteiger partial charge is 0.351 e. The summed E-state index contributed by atoms with van der Waals surface area (Å²) in [6.07, 6.45) is 2.07. The van der Waals surface area contributed by atoms with Gasteiger partial charge in [0, 0.05) is 12.1 Å². The lowest BCUT2D eigenvalue weighted by Crippen LogP contribution is -2.42. The first kappa shape index (κ1) is 19.5. The zero-order valence-electron chi connectivity index (χ0n) is 15.5. The molecular formula is C20H24FN3O2S. The molecule has 0 atom stereocenters. The number of anilines is 1. The Labute approximate surface area is 162 Å². The lowest BCUT2D eigenvalue weighted by molar-refractivity contribution is 0.0925. The maximum absolute atomic E-state index is 13.3. The van der Waals surface area contributed by atoms with Gasteiger partial charge in [-0.15, -0.1) is 11.3 Å². The van der Waals surface area contributed by atoms with Gasteiger partial charge in [0.15, 0.2) is 0 Å². The van der Waals surface area contributed by atoms with E-state index in [0.717, 1.165) is 31.5 Å². The monoisotopic (exact) mass is 389 g/mol. The van der Waals surface area contributed by atoms with Crippen LogP contribution in [0.5, 0.6) is 0 Å². The SMILES string of the molecule is Cc1cc(NC(=O)c2cccc(F)c2)sc1C(=O)NCC1(C)CCNCC1. The van der Waals surface area contributed by atoms with Crippen molar-refractivity contribution in [1.82, 2.24) is 10.6 Å². The molecule has 1 aromatic carbocycles. The number of carbonyl (C=O) groups excluding carboxylic acids is 2. The summed E-state index contributed by atoms with van der Waals surface area (Å²) < 4.78 is 13.3. The van der Waals surface area contributed by atoms with Crippen molar-refractivity contribution in [3.8, 4) is 0 Å². The van der Waals surface area contributed by atoms with E-state index >= 15 is 0 Å². The first-order chi connectivity index (χ1) is 12.9. The number of thiophene rings is 1. The highest BCUT2D eigenvalue weighted by Crippen LogP contribution is 2.29. The molecule has 2 heterocycles. The highest BCUT2D eigenvalue weighted by molar-refractivity contribution is 7.18. The van der Waals surface area contributed by atoms with Gasteiger partial charge in [-0.3, -0.25) is 9.59 Å². The van der Waals surface area contributed by atoms with Gasteiger partial charge >= 0.3 is 0 Å². The minimum Gasteiger partial charge on any atom is -0.351 e. The zero-order chi connectivity index (χ0) is 19.4. The fourth-order valence-electron chi connectivity index (χ4n) is 3.16. The van der Waals surface area contributed by atoms with Crippen LogP contribution in [0.4, 0.5) is 9.39 Å². The number of amides is 2. The lowest BCUT2D eigenvalue weighted by atomic mass is 9.81. The standard InChI is InChI=1S/C20H24FN3O2S/c1-13-10-16(24-18(25)14-4-3-5-15(21)11-14)27-17(13)19(26)23-12-20(2)6-8-22-9-7-20/h3-5,10-11,22H,6-9,12H2,1-2H3,(H,23,26)(H,24,25). The van der Waals surface area contributed by atoms with Crippen molar-refractivity contribution < 1.29 is 14.0 Å². The molecule has 0 spiro atoms. The van der Waals surface area contributed by atoms with Crippen molar-refractivity contribution in [2.24, 2.45) is 5.41 Å². The van der Waals surface area contributed by atoms with E-state index in [-0.39, 0.29) is 16.9 Å². The molecule has 2 aromatic rings. The van der Waals surface area contributed by atoms with Gasteiger partial charge in [-0.2, -0.15) is 0 Å². The van der Waals surface area contributed by atoms with Crippen molar-refractivity contribution in [2.75, 3.05) is 25.0 Å². The van der Waals surface area contributed by atoms with Crippen LogP contribution in [0.25, 0.3) is 0 Å². The third kappa shape index (κ3) is 4.93. The van der Waals surface area contributed by atoms with Crippen LogP contribution in [0, 0.1) is 18.2 Å². The molecule has 0 radical (unpaired) electrons. The maximum Gasteiger partial charge on any atom is 0.261 e. The van der Waals surface area contributed by atoms with Crippen LogP contribution in [0.2, 0.25) is 0 Å². The van der Waals surface area contributed by atoms with E-state index in [0.29, 0.717) is 16.4 Å². The molecule has 1 aliphatic heterocycles. The Balaban J connectivity index is 1.63. The molecule has 1 saturated heterocycles. The van der Waals surface area contributed by atoms with Crippen LogP contribution < -0.4 is 16.0 Å². The van der Waals surface area contributed by atoms with Crippen LogP contribution >= 0.6 is 11.3 Å². The number of nitrogens with one attached hydrogen (secondary N) is 3. The molecule has 0 bridgehead atoms. The molecule has 144 valence electrons. The van der Waals surface area contributed by atoms with Crippen molar-refractivity contribution in [1.29, 1.82) is 0 Å². The van der Waals surface area contributed by atoms with Crippen LogP contribution in [0.1, 0.15) is 45.4 Å². The average molecular weight is 389 g/mol. The Kier molecular flexibility index (Phi) is 5.92. The second-order valence-corrected chi connectivity index (χ2v) is 8.38. The molecule has 3 rings (SSSR count). The maximum atomic E-state index is 13.3. The average Bonchev–Trinajstić information content (AvgIpc) is 3.00. The third-order valence-corrected chi connectivity index (χ3v) is 6.09. The van der Waals surface area contributed by atoms with E-state index < -0.39 is 11.7 Å². The lowest BCUT2D eigenvalue weighted by Gasteiger charge is -2.34. The van der Waals surface area contributed by atoms with Crippen LogP contribution in [0.15, 0.2) is 30.3 Å². The minimum absolute atomic E-state index is 0.112. The van der Waals surface area contributed by atoms with Gasteiger partial charge in [0.25, 0.3) is 11.8 Å². The summed E-state index contributed by atoms with van der Waals surface area (Å²) in [5.41, 5.74) is 1.16. The van der Waals surface area contributed by atoms with Crippen molar-refractivity contribution in [3.63, 3.8) is 0 Å². The fraction of sp³-hybridized carbons (Fsp3) is 0.400. The van der Waals surface area contributed by atoms with Crippen LogP contribution in [0.3, 0.4) is 0 Å². The number of aryl methyl sites for hydroxylation is 1. The Morgan fingerprint density at radius 3 is 2.67 bits per heavy atom. The van der Waals surface area contributed by atoms with Crippen molar-refractivity contribution in [3.05, 3.63) is 52.2 Å². The summed E-state index contributed by atoms with van der Waals surface area (Å²) in [4.78, 5) is 25.4. The van der Waals surface area contributed by atoms with Crippen molar-refractivity contribution >= 4 is 28.2 Å². The molecule has 2 amide bonds. The van der Waals surface area contributed by atoms with Crippen LogP contribution in [-0.2, 0) is 0 Å². The molecule has 0 unspecified atom stereocenters. The molecule has 3 N–H and O–H groups in total. The Hall–Kier alpha value is -2.25. The molecule has 0 aliphatic carbocycles. The number of piperidine rings is 1. The predicted octanol–water partition coefficient (Wildman–Crippen LogP) is 3.57. The molecule has 1 aliphatic rings. The van der Waals surface area contributed by atoms with E-state index in [4.69, 9.17) is 0 Å². The molecule has 1 fully saturated rings. The topological polar surface area (TPSA) is 70.2 Å². The van der Waals surface area contributed by atoms with Gasteiger partial charge in [0.2, 0.25) is 0 Å². The number of hydrogen-bond acceptors (Lipinski definition) is 4. The normalized spacial score (nSPS) is 16.0. The van der Waals surface area contributed by atoms with Gasteiger partial charge in [-0.1, -0.05) is 13.0 Å². The highest BCUT2D eigenvalue weighted by atomic mass is 32.1. The molecule has 7 heteroatoms. The number of benzene rings is 1. The quantitative estimate of drug-likeness (QED) is 0.732. The Bertz CT molecular complexity index is 844. The van der Waals surface area contributed by atoms with E-state index in [1.807, 2.05) is 6.92 Å². The van der Waals surface area contributed by atoms with E-state index in [1.54, 1.807) is 12.1 Å². The Morgan fingerprint density at radius 1 is 1.22 bits per heavy atom. The molecule has 27 heavy (non-hydrogen) atoms. The van der Waals surface area contributed by atoms with Gasteiger partial charge in [0.05, 0.1) is 9.88 Å². The second-order valence-electron chi connectivity index (χ2n) is 7.33. The zero-order valence-corrected chi connectivity index (χ0v) is 16.3. The summed E-state index contributed by atoms with van der Waals surface area (Å²) in [7, 11) is 0. The molecule has 1 aromatic heterocycles. The summed E-state index contributed by atoms with van der Waals surface area (Å²) in [5.74, 6) is -0.982. The minimum atomic E-state index is -0.462. The van der Waals surface area contributed by atoms with Crippen molar-refractivity contribution in [2.45, 2.75) is 26.7 Å². The Morgan fingerprint density at radius 2 is 1.96 bits per heavy atom. The first-order valence-corrected chi connectivity index (χ1v) is 9.84. The summed E-state index contributed by atoms with van der Waals surface area (Å²) in [6, 6.07) is 7.28.